The van der Waals surface area contributed by atoms with E-state index in [-0.39, 0.29) is 16.5 Å². The largest absolute Gasteiger partial charge is 0.508 e. The monoisotopic (exact) mass is 509 g/mol. The zero-order chi connectivity index (χ0) is 26.5. The molecule has 3 aromatic rings. The Bertz CT molecular complexity index is 1220. The Hall–Kier alpha value is -2.77. The lowest BCUT2D eigenvalue weighted by atomic mass is 9.87. The summed E-state index contributed by atoms with van der Waals surface area (Å²) in [7, 11) is 0. The highest BCUT2D eigenvalue weighted by molar-refractivity contribution is 8.00. The van der Waals surface area contributed by atoms with Gasteiger partial charge in [-0.25, -0.2) is 0 Å². The van der Waals surface area contributed by atoms with Gasteiger partial charge in [0.05, 0.1) is 18.7 Å². The van der Waals surface area contributed by atoms with Crippen LogP contribution in [0.15, 0.2) is 52.4 Å². The fourth-order valence-electron chi connectivity index (χ4n) is 4.17. The summed E-state index contributed by atoms with van der Waals surface area (Å²) in [5.74, 6) is 0.0231. The molecule has 0 fully saturated rings. The molecule has 2 aromatic carbocycles. The number of esters is 1. The summed E-state index contributed by atoms with van der Waals surface area (Å²) in [4.78, 5) is 18.0. The van der Waals surface area contributed by atoms with E-state index in [1.165, 1.54) is 5.56 Å². The number of fused-ring (bicyclic) bond motifs is 1. The number of benzene rings is 2. The van der Waals surface area contributed by atoms with Gasteiger partial charge < -0.3 is 20.1 Å². The smallest absolute Gasteiger partial charge is 0.311 e. The summed E-state index contributed by atoms with van der Waals surface area (Å²) in [6.45, 7) is 13.5. The summed E-state index contributed by atoms with van der Waals surface area (Å²) in [5.41, 5.74) is 9.18. The number of thioether (sulfide) groups is 1. The van der Waals surface area contributed by atoms with Crippen LogP contribution in [0.25, 0.3) is 10.9 Å². The van der Waals surface area contributed by atoms with Crippen LogP contribution in [0.1, 0.15) is 58.4 Å². The highest BCUT2D eigenvalue weighted by atomic mass is 32.2. The third kappa shape index (κ3) is 6.92. The van der Waals surface area contributed by atoms with Crippen molar-refractivity contribution in [3.05, 3.63) is 59.3 Å². The predicted octanol–water partition coefficient (Wildman–Crippen LogP) is 5.95. The Morgan fingerprint density at radius 1 is 1.11 bits per heavy atom. The molecule has 0 aliphatic rings. The number of aromatic nitrogens is 1. The SMILES string of the molecule is CCOC(=O)C(C)(C)Cc1c(SC(C)(C)C)c2cc(O)ccc2n1Cc1ccc(C/C=N\CN)cc1. The van der Waals surface area contributed by atoms with Crippen LogP contribution >= 0.6 is 11.8 Å². The van der Waals surface area contributed by atoms with Gasteiger partial charge in [-0.05, 0) is 50.1 Å². The Labute approximate surface area is 218 Å². The standard InChI is InChI=1S/C29H39N3O3S/c1-7-35-27(34)29(5,6)17-25-26(36-28(2,3)4)23-16-22(33)12-13-24(23)32(25)18-21-10-8-20(9-11-21)14-15-31-19-30/h8-13,15-16,33H,7,14,17-19,30H2,1-6H3/b31-15-. The van der Waals surface area contributed by atoms with E-state index in [1.807, 2.05) is 39.1 Å². The molecule has 0 aliphatic carbocycles. The van der Waals surface area contributed by atoms with Gasteiger partial charge in [0.25, 0.3) is 0 Å². The first-order chi connectivity index (χ1) is 16.9. The maximum Gasteiger partial charge on any atom is 0.311 e. The normalized spacial score (nSPS) is 12.5. The molecule has 0 atom stereocenters. The minimum atomic E-state index is -0.705. The number of aromatic hydroxyl groups is 1. The van der Waals surface area contributed by atoms with Crippen LogP contribution in [0.5, 0.6) is 5.75 Å². The van der Waals surface area contributed by atoms with E-state index in [1.54, 1.807) is 17.8 Å². The van der Waals surface area contributed by atoms with Crippen LogP contribution in [0.4, 0.5) is 0 Å². The van der Waals surface area contributed by atoms with Gasteiger partial charge >= 0.3 is 5.97 Å². The second-order valence-corrected chi connectivity index (χ2v) is 12.5. The third-order valence-corrected chi connectivity index (χ3v) is 7.15. The van der Waals surface area contributed by atoms with E-state index in [4.69, 9.17) is 10.5 Å². The Balaban J connectivity index is 2.12. The average molecular weight is 510 g/mol. The van der Waals surface area contributed by atoms with E-state index in [9.17, 15) is 9.90 Å². The molecule has 0 aliphatic heterocycles. The highest BCUT2D eigenvalue weighted by Crippen LogP contribution is 2.44. The number of aliphatic imine (C=N–C) groups is 1. The van der Waals surface area contributed by atoms with Crippen molar-refractivity contribution in [3.63, 3.8) is 0 Å². The number of hydrogen-bond acceptors (Lipinski definition) is 6. The molecule has 0 saturated heterocycles. The van der Waals surface area contributed by atoms with Crippen molar-refractivity contribution in [2.75, 3.05) is 13.3 Å². The molecule has 1 heterocycles. The molecule has 0 amide bonds. The number of rotatable bonds is 10. The summed E-state index contributed by atoms with van der Waals surface area (Å²) in [6, 6.07) is 14.0. The van der Waals surface area contributed by atoms with Gasteiger partial charge in [-0.3, -0.25) is 9.79 Å². The Morgan fingerprint density at radius 2 is 1.78 bits per heavy atom. The van der Waals surface area contributed by atoms with Crippen molar-refractivity contribution in [3.8, 4) is 5.75 Å². The lowest BCUT2D eigenvalue weighted by Gasteiger charge is -2.26. The lowest BCUT2D eigenvalue weighted by molar-refractivity contribution is -0.153. The van der Waals surface area contributed by atoms with Gasteiger partial charge in [0.1, 0.15) is 5.75 Å². The van der Waals surface area contributed by atoms with Crippen LogP contribution in [-0.4, -0.2) is 39.9 Å². The van der Waals surface area contributed by atoms with Crippen LogP contribution in [-0.2, 0) is 28.9 Å². The Morgan fingerprint density at radius 3 is 2.39 bits per heavy atom. The fraction of sp³-hybridized carbons (Fsp3) is 0.448. The number of hydrogen-bond donors (Lipinski definition) is 2. The zero-order valence-electron chi connectivity index (χ0n) is 22.3. The maximum atomic E-state index is 12.9. The maximum absolute atomic E-state index is 12.9. The topological polar surface area (TPSA) is 89.8 Å². The van der Waals surface area contributed by atoms with E-state index in [0.29, 0.717) is 26.2 Å². The van der Waals surface area contributed by atoms with E-state index < -0.39 is 5.41 Å². The van der Waals surface area contributed by atoms with Crippen molar-refractivity contribution in [1.29, 1.82) is 0 Å². The Kier molecular flexibility index (Phi) is 8.90. The number of carbonyl (C=O) groups is 1. The van der Waals surface area contributed by atoms with E-state index >= 15 is 0 Å². The number of phenols is 1. The minimum Gasteiger partial charge on any atom is -0.508 e. The molecule has 0 unspecified atom stereocenters. The first-order valence-corrected chi connectivity index (χ1v) is 13.2. The molecule has 0 bridgehead atoms. The van der Waals surface area contributed by atoms with Gasteiger partial charge in [0, 0.05) is 51.8 Å². The summed E-state index contributed by atoms with van der Waals surface area (Å²) in [5, 5.41) is 11.3. The summed E-state index contributed by atoms with van der Waals surface area (Å²) in [6.07, 6.45) is 3.11. The molecule has 6 nitrogen and oxygen atoms in total. The quantitative estimate of drug-likeness (QED) is 0.200. The van der Waals surface area contributed by atoms with Gasteiger partial charge in [-0.15, -0.1) is 11.8 Å². The van der Waals surface area contributed by atoms with Crippen molar-refractivity contribution in [1.82, 2.24) is 4.57 Å². The van der Waals surface area contributed by atoms with Crippen LogP contribution in [0.2, 0.25) is 0 Å². The summed E-state index contributed by atoms with van der Waals surface area (Å²) >= 11 is 1.77. The number of phenolic OH excluding ortho intramolecular Hbond substituents is 1. The van der Waals surface area contributed by atoms with Gasteiger partial charge in [0.2, 0.25) is 0 Å². The molecule has 0 saturated carbocycles. The fourth-order valence-corrected chi connectivity index (χ4v) is 5.35. The number of carbonyl (C=O) groups excluding carboxylic acids is 1. The molecule has 3 rings (SSSR count). The van der Waals surface area contributed by atoms with Gasteiger partial charge in [0.15, 0.2) is 0 Å². The second-order valence-electron chi connectivity index (χ2n) is 10.6. The summed E-state index contributed by atoms with van der Waals surface area (Å²) < 4.78 is 7.64. The minimum absolute atomic E-state index is 0.0554. The first kappa shape index (κ1) is 27.8. The van der Waals surface area contributed by atoms with E-state index in [2.05, 4.69) is 54.6 Å². The van der Waals surface area contributed by atoms with Crippen LogP contribution < -0.4 is 5.73 Å². The first-order valence-electron chi connectivity index (χ1n) is 12.4. The van der Waals surface area contributed by atoms with Crippen molar-refractivity contribution in [2.45, 2.75) is 70.6 Å². The number of nitrogens with zero attached hydrogens (tertiary/aromatic N) is 2. The molecule has 36 heavy (non-hydrogen) atoms. The molecule has 1 aromatic heterocycles. The molecule has 0 radical (unpaired) electrons. The molecular weight excluding hydrogens is 470 g/mol. The zero-order valence-corrected chi connectivity index (χ0v) is 23.1. The molecule has 0 spiro atoms. The molecular formula is C29H39N3O3S. The molecule has 194 valence electrons. The predicted molar refractivity (Wildman–Crippen MR) is 150 cm³/mol. The lowest BCUT2D eigenvalue weighted by Crippen LogP contribution is -2.30. The highest BCUT2D eigenvalue weighted by Gasteiger charge is 2.34. The van der Waals surface area contributed by atoms with Crippen LogP contribution in [0.3, 0.4) is 0 Å². The van der Waals surface area contributed by atoms with Crippen molar-refractivity contribution < 1.29 is 14.6 Å². The van der Waals surface area contributed by atoms with E-state index in [0.717, 1.165) is 33.5 Å². The number of ether oxygens (including phenoxy) is 1. The van der Waals surface area contributed by atoms with Gasteiger partial charge in [-0.2, -0.15) is 0 Å². The van der Waals surface area contributed by atoms with Crippen molar-refractivity contribution >= 4 is 34.8 Å². The second kappa shape index (κ2) is 11.5. The van der Waals surface area contributed by atoms with Crippen LogP contribution in [0, 0.1) is 5.41 Å². The van der Waals surface area contributed by atoms with Crippen molar-refractivity contribution in [2.24, 2.45) is 16.1 Å². The molecule has 3 N–H and O–H groups in total. The molecule has 7 heteroatoms. The van der Waals surface area contributed by atoms with Gasteiger partial charge in [-0.1, -0.05) is 45.0 Å². The third-order valence-electron chi connectivity index (χ3n) is 5.87. The number of nitrogens with two attached hydrogens (primary N) is 1. The average Bonchev–Trinajstić information content (AvgIpc) is 3.05.